The molecule has 2 N–H and O–H groups in total. The van der Waals surface area contributed by atoms with Crippen LogP contribution in [0.5, 0.6) is 0 Å². The molecule has 0 fully saturated rings. The van der Waals surface area contributed by atoms with E-state index in [4.69, 9.17) is 5.73 Å². The van der Waals surface area contributed by atoms with Crippen molar-refractivity contribution < 1.29 is 0 Å². The van der Waals surface area contributed by atoms with Crippen molar-refractivity contribution in [1.29, 1.82) is 0 Å². The summed E-state index contributed by atoms with van der Waals surface area (Å²) < 4.78 is 0. The summed E-state index contributed by atoms with van der Waals surface area (Å²) in [4.78, 5) is 2.38. The highest BCUT2D eigenvalue weighted by molar-refractivity contribution is 5.67. The van der Waals surface area contributed by atoms with Gasteiger partial charge in [0, 0.05) is 13.1 Å². The molecule has 0 aliphatic carbocycles. The van der Waals surface area contributed by atoms with Gasteiger partial charge in [0.05, 0.1) is 0 Å². The first-order valence-corrected chi connectivity index (χ1v) is 7.80. The fourth-order valence-electron chi connectivity index (χ4n) is 2.59. The Morgan fingerprint density at radius 3 is 2.38 bits per heavy atom. The molecule has 0 aromatic heterocycles. The second kappa shape index (κ2) is 7.96. The van der Waals surface area contributed by atoms with Gasteiger partial charge in [-0.1, -0.05) is 61.9 Å². The van der Waals surface area contributed by atoms with Crippen LogP contribution in [-0.2, 0) is 13.1 Å². The zero-order valence-electron chi connectivity index (χ0n) is 13.2. The highest BCUT2D eigenvalue weighted by Crippen LogP contribution is 2.24. The van der Waals surface area contributed by atoms with Crippen molar-refractivity contribution in [3.63, 3.8) is 0 Å². The number of nitrogens with zero attached hydrogens (tertiary/aromatic N) is 1. The average molecular weight is 282 g/mol. The van der Waals surface area contributed by atoms with Crippen LogP contribution in [0.2, 0.25) is 0 Å². The summed E-state index contributed by atoms with van der Waals surface area (Å²) in [7, 11) is 2.19. The molecule has 2 rings (SSSR count). The molecule has 2 heteroatoms. The third-order valence-corrected chi connectivity index (χ3v) is 3.85. The predicted molar refractivity (Wildman–Crippen MR) is 91.0 cm³/mol. The van der Waals surface area contributed by atoms with Crippen LogP contribution in [0.3, 0.4) is 0 Å². The number of nitrogens with two attached hydrogens (primary N) is 1. The predicted octanol–water partition coefficient (Wildman–Crippen LogP) is 4.04. The van der Waals surface area contributed by atoms with Gasteiger partial charge in [0.25, 0.3) is 0 Å². The zero-order chi connectivity index (χ0) is 15.1. The summed E-state index contributed by atoms with van der Waals surface area (Å²) in [5, 5.41) is 0. The van der Waals surface area contributed by atoms with Gasteiger partial charge in [0.15, 0.2) is 0 Å². The molecule has 0 aliphatic rings. The van der Waals surface area contributed by atoms with Crippen LogP contribution >= 0.6 is 0 Å². The van der Waals surface area contributed by atoms with Gasteiger partial charge in [-0.05, 0) is 42.3 Å². The van der Waals surface area contributed by atoms with Crippen molar-refractivity contribution in [3.8, 4) is 11.1 Å². The summed E-state index contributed by atoms with van der Waals surface area (Å²) in [5.74, 6) is 0. The smallest absolute Gasteiger partial charge is 0.0230 e. The lowest BCUT2D eigenvalue weighted by atomic mass is 9.98. The molecule has 0 heterocycles. The third kappa shape index (κ3) is 4.42. The molecule has 0 radical (unpaired) electrons. The van der Waals surface area contributed by atoms with Gasteiger partial charge in [-0.15, -0.1) is 0 Å². The Bertz CT molecular complexity index is 546. The second-order valence-corrected chi connectivity index (χ2v) is 5.65. The van der Waals surface area contributed by atoms with Crippen molar-refractivity contribution >= 4 is 0 Å². The minimum atomic E-state index is 0.581. The van der Waals surface area contributed by atoms with Crippen LogP contribution in [-0.4, -0.2) is 18.5 Å². The molecule has 2 aromatic carbocycles. The molecule has 0 atom stereocenters. The highest BCUT2D eigenvalue weighted by atomic mass is 15.1. The van der Waals surface area contributed by atoms with E-state index in [0.29, 0.717) is 6.54 Å². The van der Waals surface area contributed by atoms with Crippen LogP contribution in [0.1, 0.15) is 30.9 Å². The molecular formula is C19H26N2. The highest BCUT2D eigenvalue weighted by Gasteiger charge is 2.04. The van der Waals surface area contributed by atoms with E-state index >= 15 is 0 Å². The molecule has 0 unspecified atom stereocenters. The van der Waals surface area contributed by atoms with E-state index in [-0.39, 0.29) is 0 Å². The number of hydrogen-bond donors (Lipinski definition) is 1. The van der Waals surface area contributed by atoms with E-state index < -0.39 is 0 Å². The lowest BCUT2D eigenvalue weighted by molar-refractivity contribution is 0.321. The molecule has 0 amide bonds. The van der Waals surface area contributed by atoms with Crippen LogP contribution in [0, 0.1) is 0 Å². The lowest BCUT2D eigenvalue weighted by Gasteiger charge is -2.16. The van der Waals surface area contributed by atoms with Gasteiger partial charge in [-0.3, -0.25) is 0 Å². The number of benzene rings is 2. The topological polar surface area (TPSA) is 29.3 Å². The normalized spacial score (nSPS) is 11.0. The lowest BCUT2D eigenvalue weighted by Crippen LogP contribution is -2.18. The van der Waals surface area contributed by atoms with Gasteiger partial charge in [0.1, 0.15) is 0 Å². The standard InChI is InChI=1S/C19H26N2/c1-3-4-13-21(2)15-16-9-11-17(12-10-16)19-8-6-5-7-18(19)14-20/h5-12H,3-4,13-15,20H2,1-2H3. The summed E-state index contributed by atoms with van der Waals surface area (Å²) >= 11 is 0. The first kappa shape index (κ1) is 15.7. The first-order valence-electron chi connectivity index (χ1n) is 7.80. The van der Waals surface area contributed by atoms with Crippen molar-refractivity contribution in [2.45, 2.75) is 32.9 Å². The van der Waals surface area contributed by atoms with Crippen molar-refractivity contribution in [3.05, 3.63) is 59.7 Å². The molecule has 0 bridgehead atoms. The zero-order valence-corrected chi connectivity index (χ0v) is 13.2. The average Bonchev–Trinajstić information content (AvgIpc) is 2.53. The Morgan fingerprint density at radius 1 is 1.00 bits per heavy atom. The molecule has 0 spiro atoms. The van der Waals surface area contributed by atoms with Gasteiger partial charge in [-0.25, -0.2) is 0 Å². The Hall–Kier alpha value is -1.64. The summed E-state index contributed by atoms with van der Waals surface area (Å²) in [6.07, 6.45) is 2.51. The van der Waals surface area contributed by atoms with E-state index in [0.717, 1.165) is 13.1 Å². The fourth-order valence-corrected chi connectivity index (χ4v) is 2.59. The fraction of sp³-hybridized carbons (Fsp3) is 0.368. The number of hydrogen-bond acceptors (Lipinski definition) is 2. The van der Waals surface area contributed by atoms with Crippen molar-refractivity contribution in [2.75, 3.05) is 13.6 Å². The minimum absolute atomic E-state index is 0.581. The Balaban J connectivity index is 2.08. The number of rotatable bonds is 7. The molecule has 0 saturated carbocycles. The Morgan fingerprint density at radius 2 is 1.71 bits per heavy atom. The maximum atomic E-state index is 5.82. The minimum Gasteiger partial charge on any atom is -0.326 e. The molecular weight excluding hydrogens is 256 g/mol. The van der Waals surface area contributed by atoms with E-state index in [1.165, 1.54) is 35.1 Å². The Kier molecular flexibility index (Phi) is 5.97. The van der Waals surface area contributed by atoms with Crippen molar-refractivity contribution in [1.82, 2.24) is 4.90 Å². The molecule has 0 saturated heterocycles. The van der Waals surface area contributed by atoms with Crippen molar-refractivity contribution in [2.24, 2.45) is 5.73 Å². The van der Waals surface area contributed by atoms with Crippen LogP contribution in [0.4, 0.5) is 0 Å². The van der Waals surface area contributed by atoms with E-state index in [1.54, 1.807) is 0 Å². The molecule has 112 valence electrons. The van der Waals surface area contributed by atoms with Crippen LogP contribution < -0.4 is 5.73 Å². The van der Waals surface area contributed by atoms with Gasteiger partial charge in [0.2, 0.25) is 0 Å². The molecule has 21 heavy (non-hydrogen) atoms. The third-order valence-electron chi connectivity index (χ3n) is 3.85. The molecule has 0 aliphatic heterocycles. The summed E-state index contributed by atoms with van der Waals surface area (Å²) in [6.45, 7) is 4.99. The second-order valence-electron chi connectivity index (χ2n) is 5.65. The van der Waals surface area contributed by atoms with Gasteiger partial charge >= 0.3 is 0 Å². The van der Waals surface area contributed by atoms with E-state index in [2.05, 4.69) is 61.3 Å². The summed E-state index contributed by atoms with van der Waals surface area (Å²) in [6, 6.07) is 17.2. The quantitative estimate of drug-likeness (QED) is 0.830. The summed E-state index contributed by atoms with van der Waals surface area (Å²) in [5.41, 5.74) is 10.9. The van der Waals surface area contributed by atoms with Gasteiger partial charge in [-0.2, -0.15) is 0 Å². The SMILES string of the molecule is CCCCN(C)Cc1ccc(-c2ccccc2CN)cc1. The monoisotopic (exact) mass is 282 g/mol. The first-order chi connectivity index (χ1) is 10.2. The number of unbranched alkanes of at least 4 members (excludes halogenated alkanes) is 1. The largest absolute Gasteiger partial charge is 0.326 e. The maximum Gasteiger partial charge on any atom is 0.0230 e. The molecule has 2 nitrogen and oxygen atoms in total. The maximum absolute atomic E-state index is 5.82. The van der Waals surface area contributed by atoms with E-state index in [9.17, 15) is 0 Å². The van der Waals surface area contributed by atoms with Crippen LogP contribution in [0.15, 0.2) is 48.5 Å². The van der Waals surface area contributed by atoms with E-state index in [1.807, 2.05) is 6.07 Å². The van der Waals surface area contributed by atoms with Gasteiger partial charge < -0.3 is 10.6 Å². The van der Waals surface area contributed by atoms with Crippen LogP contribution in [0.25, 0.3) is 11.1 Å². The Labute approximate surface area is 128 Å². The molecule has 2 aromatic rings.